The molecule has 2 aromatic rings. The van der Waals surface area contributed by atoms with Gasteiger partial charge in [0.05, 0.1) is 17.1 Å². The van der Waals surface area contributed by atoms with E-state index in [1.54, 1.807) is 16.7 Å². The lowest BCUT2D eigenvalue weighted by molar-refractivity contribution is 0.298. The Kier molecular flexibility index (Phi) is 2.56. The van der Waals surface area contributed by atoms with E-state index in [2.05, 4.69) is 0 Å². The molecule has 1 aromatic heterocycles. The fraction of sp³-hybridized carbons (Fsp3) is 0.308. The molecule has 3 nitrogen and oxygen atoms in total. The molecule has 3 rings (SSSR count). The molecule has 17 heavy (non-hydrogen) atoms. The van der Waals surface area contributed by atoms with Crippen LogP contribution in [0, 0.1) is 0 Å². The average Bonchev–Trinajstić information content (AvgIpc) is 2.29. The zero-order valence-electron chi connectivity index (χ0n) is 9.28. The lowest BCUT2D eigenvalue weighted by Gasteiger charge is -2.18. The van der Waals surface area contributed by atoms with Crippen molar-refractivity contribution in [2.45, 2.75) is 19.4 Å². The number of pyridine rings is 1. The number of halogens is 1. The van der Waals surface area contributed by atoms with Gasteiger partial charge in [-0.3, -0.25) is 4.79 Å². The van der Waals surface area contributed by atoms with E-state index < -0.39 is 0 Å². The zero-order chi connectivity index (χ0) is 11.8. The van der Waals surface area contributed by atoms with Gasteiger partial charge in [-0.25, -0.2) is 0 Å². The van der Waals surface area contributed by atoms with Crippen molar-refractivity contribution in [3.63, 3.8) is 0 Å². The van der Waals surface area contributed by atoms with Crippen molar-refractivity contribution in [1.82, 2.24) is 4.57 Å². The van der Waals surface area contributed by atoms with Gasteiger partial charge in [0, 0.05) is 18.0 Å². The van der Waals surface area contributed by atoms with Gasteiger partial charge in [0.1, 0.15) is 5.75 Å². The highest BCUT2D eigenvalue weighted by molar-refractivity contribution is 6.35. The summed E-state index contributed by atoms with van der Waals surface area (Å²) < 4.78 is 7.45. The summed E-state index contributed by atoms with van der Waals surface area (Å²) in [6.45, 7) is 1.42. The van der Waals surface area contributed by atoms with E-state index in [1.807, 2.05) is 12.1 Å². The van der Waals surface area contributed by atoms with Crippen LogP contribution in [0.3, 0.4) is 0 Å². The maximum atomic E-state index is 11.9. The standard InChI is InChI=1S/C13H12ClNO2/c14-10-4-5-11-13-9(10)3-6-12(16)15(13)7-1-2-8-17-11/h3-6H,1-2,7-8H2. The van der Waals surface area contributed by atoms with Crippen molar-refractivity contribution < 1.29 is 4.74 Å². The number of nitrogens with zero attached hydrogens (tertiary/aromatic N) is 1. The minimum atomic E-state index is 0.00603. The van der Waals surface area contributed by atoms with E-state index in [0.717, 1.165) is 36.0 Å². The van der Waals surface area contributed by atoms with Gasteiger partial charge in [-0.15, -0.1) is 0 Å². The Morgan fingerprint density at radius 1 is 1.18 bits per heavy atom. The first kappa shape index (κ1) is 10.7. The normalized spacial score (nSPS) is 15.1. The molecule has 2 heterocycles. The lowest BCUT2D eigenvalue weighted by Crippen LogP contribution is -2.21. The summed E-state index contributed by atoms with van der Waals surface area (Å²) in [5.41, 5.74) is 0.830. The summed E-state index contributed by atoms with van der Waals surface area (Å²) in [7, 11) is 0. The molecular weight excluding hydrogens is 238 g/mol. The minimum absolute atomic E-state index is 0.00603. The van der Waals surface area contributed by atoms with Crippen molar-refractivity contribution in [1.29, 1.82) is 0 Å². The van der Waals surface area contributed by atoms with Crippen LogP contribution >= 0.6 is 11.6 Å². The number of benzene rings is 1. The molecule has 1 aromatic carbocycles. The van der Waals surface area contributed by atoms with Gasteiger partial charge in [-0.05, 0) is 31.0 Å². The number of rotatable bonds is 0. The van der Waals surface area contributed by atoms with Gasteiger partial charge in [-0.1, -0.05) is 11.6 Å². The Hall–Kier alpha value is -1.48. The van der Waals surface area contributed by atoms with Crippen LogP contribution in [0.15, 0.2) is 29.1 Å². The number of ether oxygens (including phenoxy) is 1. The maximum absolute atomic E-state index is 11.9. The number of hydrogen-bond donors (Lipinski definition) is 0. The second-order valence-corrected chi connectivity index (χ2v) is 4.59. The quantitative estimate of drug-likeness (QED) is 0.719. The van der Waals surface area contributed by atoms with Crippen molar-refractivity contribution in [2.24, 2.45) is 0 Å². The van der Waals surface area contributed by atoms with Gasteiger partial charge in [0.15, 0.2) is 0 Å². The number of aryl methyl sites for hydroxylation is 1. The van der Waals surface area contributed by atoms with Crippen molar-refractivity contribution in [3.8, 4) is 5.75 Å². The molecule has 0 radical (unpaired) electrons. The third-order valence-corrected chi connectivity index (χ3v) is 3.42. The first-order chi connectivity index (χ1) is 8.27. The third-order valence-electron chi connectivity index (χ3n) is 3.09. The molecule has 0 saturated carbocycles. The molecule has 0 fully saturated rings. The Morgan fingerprint density at radius 2 is 2.06 bits per heavy atom. The molecule has 0 bridgehead atoms. The summed E-state index contributed by atoms with van der Waals surface area (Å²) >= 11 is 6.16. The van der Waals surface area contributed by atoms with Crippen LogP contribution in [0.1, 0.15) is 12.8 Å². The largest absolute Gasteiger partial charge is 0.491 e. The Balaban J connectivity index is 2.44. The summed E-state index contributed by atoms with van der Waals surface area (Å²) in [6.07, 6.45) is 1.91. The molecule has 1 aliphatic rings. The lowest BCUT2D eigenvalue weighted by atomic mass is 10.1. The highest BCUT2D eigenvalue weighted by Crippen LogP contribution is 2.31. The van der Waals surface area contributed by atoms with Gasteiger partial charge in [0.25, 0.3) is 5.56 Å². The molecule has 1 aliphatic heterocycles. The smallest absolute Gasteiger partial charge is 0.251 e. The number of hydrogen-bond acceptors (Lipinski definition) is 2. The van der Waals surface area contributed by atoms with Crippen LogP contribution in [-0.2, 0) is 6.54 Å². The van der Waals surface area contributed by atoms with E-state index in [1.165, 1.54) is 0 Å². The van der Waals surface area contributed by atoms with Crippen LogP contribution < -0.4 is 10.3 Å². The van der Waals surface area contributed by atoms with Gasteiger partial charge in [-0.2, -0.15) is 0 Å². The summed E-state index contributed by atoms with van der Waals surface area (Å²) in [4.78, 5) is 11.9. The fourth-order valence-electron chi connectivity index (χ4n) is 2.25. The Labute approximate surface area is 104 Å². The molecule has 4 heteroatoms. The maximum Gasteiger partial charge on any atom is 0.251 e. The Bertz CT molecular complexity index is 633. The second-order valence-electron chi connectivity index (χ2n) is 4.19. The van der Waals surface area contributed by atoms with E-state index in [-0.39, 0.29) is 5.56 Å². The van der Waals surface area contributed by atoms with Crippen molar-refractivity contribution >= 4 is 22.5 Å². The topological polar surface area (TPSA) is 31.2 Å². The minimum Gasteiger partial charge on any atom is -0.491 e. The van der Waals surface area contributed by atoms with E-state index in [4.69, 9.17) is 16.3 Å². The molecule has 88 valence electrons. The fourth-order valence-corrected chi connectivity index (χ4v) is 2.46. The van der Waals surface area contributed by atoms with E-state index in [9.17, 15) is 4.79 Å². The predicted molar refractivity (Wildman–Crippen MR) is 67.9 cm³/mol. The second kappa shape index (κ2) is 4.08. The molecular formula is C13H12ClNO2. The first-order valence-corrected chi connectivity index (χ1v) is 6.10. The summed E-state index contributed by atoms with van der Waals surface area (Å²) in [5, 5.41) is 1.53. The highest BCUT2D eigenvalue weighted by Gasteiger charge is 2.13. The first-order valence-electron chi connectivity index (χ1n) is 5.72. The van der Waals surface area contributed by atoms with Gasteiger partial charge >= 0.3 is 0 Å². The third kappa shape index (κ3) is 1.71. The van der Waals surface area contributed by atoms with Gasteiger partial charge < -0.3 is 9.30 Å². The summed E-state index contributed by atoms with van der Waals surface area (Å²) in [5.74, 6) is 0.752. The Morgan fingerprint density at radius 3 is 2.94 bits per heavy atom. The predicted octanol–water partition coefficient (Wildman–Crippen LogP) is 2.83. The van der Waals surface area contributed by atoms with Crippen LogP contribution in [0.25, 0.3) is 10.9 Å². The molecule has 0 amide bonds. The molecule has 0 atom stereocenters. The molecule has 0 N–H and O–H groups in total. The zero-order valence-corrected chi connectivity index (χ0v) is 10.0. The highest BCUT2D eigenvalue weighted by atomic mass is 35.5. The van der Waals surface area contributed by atoms with Crippen molar-refractivity contribution in [3.05, 3.63) is 39.6 Å². The SMILES string of the molecule is O=c1ccc2c(Cl)ccc3c2n1CCCCO3. The van der Waals surface area contributed by atoms with Gasteiger partial charge in [0.2, 0.25) is 0 Å². The molecule has 0 saturated heterocycles. The monoisotopic (exact) mass is 249 g/mol. The van der Waals surface area contributed by atoms with Crippen LogP contribution in [0.5, 0.6) is 5.75 Å². The van der Waals surface area contributed by atoms with Crippen LogP contribution in [0.2, 0.25) is 5.02 Å². The number of aromatic nitrogens is 1. The average molecular weight is 250 g/mol. The molecule has 0 spiro atoms. The van der Waals surface area contributed by atoms with E-state index in [0.29, 0.717) is 11.6 Å². The van der Waals surface area contributed by atoms with E-state index >= 15 is 0 Å². The van der Waals surface area contributed by atoms with Crippen LogP contribution in [-0.4, -0.2) is 11.2 Å². The summed E-state index contributed by atoms with van der Waals surface area (Å²) in [6, 6.07) is 6.99. The van der Waals surface area contributed by atoms with Crippen molar-refractivity contribution in [2.75, 3.05) is 6.61 Å². The molecule has 0 unspecified atom stereocenters. The molecule has 0 aliphatic carbocycles. The van der Waals surface area contributed by atoms with Crippen LogP contribution in [0.4, 0.5) is 0 Å².